The van der Waals surface area contributed by atoms with Gasteiger partial charge in [0.05, 0.1) is 16.6 Å². The lowest BCUT2D eigenvalue weighted by atomic mass is 10.2. The molecule has 2 N–H and O–H groups in total. The standard InChI is InChI=1S/C20H21FN4O3S/c1-4-7-22-15(26)9-25-10-23-19-16(20(25)28)12(3)17(29-19)18(27)24-13-6-5-11(2)14(21)8-13/h5-6,8,10H,4,7,9H2,1-3H3,(H,22,26)(H,24,27). The van der Waals surface area contributed by atoms with E-state index < -0.39 is 11.7 Å². The summed E-state index contributed by atoms with van der Waals surface area (Å²) in [7, 11) is 0. The van der Waals surface area contributed by atoms with E-state index in [1.807, 2.05) is 6.92 Å². The first kappa shape index (κ1) is 20.7. The highest BCUT2D eigenvalue weighted by Gasteiger charge is 2.20. The highest BCUT2D eigenvalue weighted by molar-refractivity contribution is 7.20. The molecule has 29 heavy (non-hydrogen) atoms. The van der Waals surface area contributed by atoms with E-state index in [1.165, 1.54) is 17.0 Å². The number of hydrogen-bond donors (Lipinski definition) is 2. The molecule has 9 heteroatoms. The number of carbonyl (C=O) groups excluding carboxylic acids is 2. The molecule has 0 fully saturated rings. The number of anilines is 1. The molecular weight excluding hydrogens is 395 g/mol. The molecule has 2 aromatic heterocycles. The molecule has 152 valence electrons. The van der Waals surface area contributed by atoms with Crippen molar-refractivity contribution in [1.82, 2.24) is 14.9 Å². The second-order valence-electron chi connectivity index (χ2n) is 6.68. The van der Waals surface area contributed by atoms with Gasteiger partial charge >= 0.3 is 0 Å². The lowest BCUT2D eigenvalue weighted by molar-refractivity contribution is -0.121. The molecule has 2 heterocycles. The summed E-state index contributed by atoms with van der Waals surface area (Å²) in [5.74, 6) is -1.13. The Hall–Kier alpha value is -3.07. The number of fused-ring (bicyclic) bond motifs is 1. The average Bonchev–Trinajstić information content (AvgIpc) is 3.02. The molecule has 0 aliphatic rings. The lowest BCUT2D eigenvalue weighted by Crippen LogP contribution is -2.32. The minimum Gasteiger partial charge on any atom is -0.355 e. The molecule has 0 aliphatic heterocycles. The Bertz CT molecular complexity index is 1150. The number of nitrogens with zero attached hydrogens (tertiary/aromatic N) is 2. The zero-order valence-electron chi connectivity index (χ0n) is 16.3. The van der Waals surface area contributed by atoms with Gasteiger partial charge in [0.25, 0.3) is 11.5 Å². The average molecular weight is 416 g/mol. The maximum absolute atomic E-state index is 13.7. The predicted octanol–water partition coefficient (Wildman–Crippen LogP) is 2.99. The first-order valence-electron chi connectivity index (χ1n) is 9.14. The fraction of sp³-hybridized carbons (Fsp3) is 0.300. The summed E-state index contributed by atoms with van der Waals surface area (Å²) in [6.07, 6.45) is 2.11. The van der Waals surface area contributed by atoms with Crippen molar-refractivity contribution in [3.63, 3.8) is 0 Å². The van der Waals surface area contributed by atoms with E-state index in [-0.39, 0.29) is 18.0 Å². The largest absolute Gasteiger partial charge is 0.355 e. The van der Waals surface area contributed by atoms with E-state index in [9.17, 15) is 18.8 Å². The zero-order chi connectivity index (χ0) is 21.1. The highest BCUT2D eigenvalue weighted by Crippen LogP contribution is 2.27. The molecule has 0 radical (unpaired) electrons. The summed E-state index contributed by atoms with van der Waals surface area (Å²) < 4.78 is 14.9. The monoisotopic (exact) mass is 416 g/mol. The Morgan fingerprint density at radius 3 is 2.72 bits per heavy atom. The Labute approximate surface area is 170 Å². The fourth-order valence-electron chi connectivity index (χ4n) is 2.82. The van der Waals surface area contributed by atoms with Gasteiger partial charge in [-0.1, -0.05) is 13.0 Å². The van der Waals surface area contributed by atoms with Crippen molar-refractivity contribution < 1.29 is 14.0 Å². The van der Waals surface area contributed by atoms with Crippen LogP contribution in [0.5, 0.6) is 0 Å². The van der Waals surface area contributed by atoms with E-state index >= 15 is 0 Å². The number of aryl methyl sites for hydroxylation is 2. The maximum atomic E-state index is 13.7. The molecule has 0 aliphatic carbocycles. The minimum absolute atomic E-state index is 0.138. The molecule has 0 spiro atoms. The summed E-state index contributed by atoms with van der Waals surface area (Å²) in [4.78, 5) is 42.4. The van der Waals surface area contributed by atoms with E-state index in [1.54, 1.807) is 26.0 Å². The van der Waals surface area contributed by atoms with Crippen molar-refractivity contribution in [2.45, 2.75) is 33.7 Å². The second kappa shape index (κ2) is 8.52. The van der Waals surface area contributed by atoms with Crippen LogP contribution in [0.1, 0.15) is 34.1 Å². The van der Waals surface area contributed by atoms with Crippen molar-refractivity contribution in [2.75, 3.05) is 11.9 Å². The number of benzene rings is 1. The third kappa shape index (κ3) is 4.34. The number of carbonyl (C=O) groups is 2. The number of thiophene rings is 1. The van der Waals surface area contributed by atoms with Gasteiger partial charge < -0.3 is 10.6 Å². The lowest BCUT2D eigenvalue weighted by Gasteiger charge is -2.06. The van der Waals surface area contributed by atoms with Gasteiger partial charge in [0.1, 0.15) is 17.2 Å². The number of rotatable bonds is 6. The van der Waals surface area contributed by atoms with Crippen LogP contribution >= 0.6 is 11.3 Å². The molecule has 0 atom stereocenters. The maximum Gasteiger partial charge on any atom is 0.266 e. The fourth-order valence-corrected chi connectivity index (χ4v) is 3.86. The van der Waals surface area contributed by atoms with Crippen LogP contribution in [0.4, 0.5) is 10.1 Å². The third-order valence-electron chi connectivity index (χ3n) is 4.44. The summed E-state index contributed by atoms with van der Waals surface area (Å²) in [5.41, 5.74) is 0.911. The number of hydrogen-bond acceptors (Lipinski definition) is 5. The summed E-state index contributed by atoms with van der Waals surface area (Å²) in [6, 6.07) is 4.43. The molecule has 7 nitrogen and oxygen atoms in total. The van der Waals surface area contributed by atoms with Gasteiger partial charge in [-0.3, -0.25) is 19.0 Å². The van der Waals surface area contributed by atoms with Crippen molar-refractivity contribution in [1.29, 1.82) is 0 Å². The van der Waals surface area contributed by atoms with Crippen LogP contribution in [0.2, 0.25) is 0 Å². The zero-order valence-corrected chi connectivity index (χ0v) is 17.2. The van der Waals surface area contributed by atoms with Crippen molar-refractivity contribution in [3.05, 3.63) is 56.7 Å². The summed E-state index contributed by atoms with van der Waals surface area (Å²) in [6.45, 7) is 5.63. The van der Waals surface area contributed by atoms with Crippen LogP contribution < -0.4 is 16.2 Å². The number of amides is 2. The van der Waals surface area contributed by atoms with Gasteiger partial charge in [-0.2, -0.15) is 0 Å². The summed E-state index contributed by atoms with van der Waals surface area (Å²) >= 11 is 1.08. The smallest absolute Gasteiger partial charge is 0.266 e. The minimum atomic E-state index is -0.444. The van der Waals surface area contributed by atoms with Crippen LogP contribution in [0.3, 0.4) is 0 Å². The summed E-state index contributed by atoms with van der Waals surface area (Å²) in [5, 5.41) is 5.67. The molecule has 0 saturated carbocycles. The number of halogens is 1. The van der Waals surface area contributed by atoms with Gasteiger partial charge in [-0.25, -0.2) is 9.37 Å². The quantitative estimate of drug-likeness (QED) is 0.646. The molecule has 0 bridgehead atoms. The topological polar surface area (TPSA) is 93.1 Å². The first-order chi connectivity index (χ1) is 13.8. The number of nitrogens with one attached hydrogen (secondary N) is 2. The molecule has 2 amide bonds. The second-order valence-corrected chi connectivity index (χ2v) is 7.68. The van der Waals surface area contributed by atoms with Gasteiger partial charge in [0, 0.05) is 12.2 Å². The van der Waals surface area contributed by atoms with Crippen molar-refractivity contribution in [2.24, 2.45) is 0 Å². The molecule has 3 aromatic rings. The van der Waals surface area contributed by atoms with Gasteiger partial charge in [-0.15, -0.1) is 11.3 Å². The number of aromatic nitrogens is 2. The SMILES string of the molecule is CCCNC(=O)Cn1cnc2sc(C(=O)Nc3ccc(C)c(F)c3)c(C)c2c1=O. The van der Waals surface area contributed by atoms with Gasteiger partial charge in [0.15, 0.2) is 0 Å². The van der Waals surface area contributed by atoms with Gasteiger partial charge in [0.2, 0.25) is 5.91 Å². The van der Waals surface area contributed by atoms with Crippen LogP contribution in [-0.4, -0.2) is 27.9 Å². The van der Waals surface area contributed by atoms with E-state index in [2.05, 4.69) is 15.6 Å². The van der Waals surface area contributed by atoms with E-state index in [0.29, 0.717) is 38.5 Å². The molecule has 1 aromatic carbocycles. The Kier molecular flexibility index (Phi) is 6.07. The Morgan fingerprint density at radius 2 is 2.03 bits per heavy atom. The van der Waals surface area contributed by atoms with Crippen LogP contribution in [0, 0.1) is 19.7 Å². The normalized spacial score (nSPS) is 10.9. The van der Waals surface area contributed by atoms with Crippen molar-refractivity contribution in [3.8, 4) is 0 Å². The molecule has 0 saturated heterocycles. The highest BCUT2D eigenvalue weighted by atomic mass is 32.1. The molecule has 3 rings (SSSR count). The van der Waals surface area contributed by atoms with Gasteiger partial charge in [-0.05, 0) is 43.5 Å². The Morgan fingerprint density at radius 1 is 1.28 bits per heavy atom. The predicted molar refractivity (Wildman–Crippen MR) is 111 cm³/mol. The Balaban J connectivity index is 1.90. The third-order valence-corrected chi connectivity index (χ3v) is 5.64. The van der Waals surface area contributed by atoms with Crippen LogP contribution in [0.15, 0.2) is 29.3 Å². The van der Waals surface area contributed by atoms with E-state index in [0.717, 1.165) is 17.8 Å². The molecular formula is C20H21FN4O3S. The van der Waals surface area contributed by atoms with E-state index in [4.69, 9.17) is 0 Å². The van der Waals surface area contributed by atoms with Crippen LogP contribution in [-0.2, 0) is 11.3 Å². The van der Waals surface area contributed by atoms with Crippen LogP contribution in [0.25, 0.3) is 10.2 Å². The van der Waals surface area contributed by atoms with Crippen molar-refractivity contribution >= 4 is 39.1 Å². The first-order valence-corrected chi connectivity index (χ1v) is 9.96. The molecule has 0 unspecified atom stereocenters.